The standard InChI is InChI=1S/C25H25ClN4O3S/c1-15-11-16(26)12-20(23(15)33-17-3-7-27-8-4-17)19-5-9-28-21-13-18(34-24(19)21)14-30-22(31)6-10-29(2)25(30)32/h5-6,9-13,17,27H,3-4,7-8,14H2,1-2H3. The van der Waals surface area contributed by atoms with Crippen LogP contribution < -0.4 is 21.3 Å². The molecule has 1 aliphatic heterocycles. The highest BCUT2D eigenvalue weighted by atomic mass is 35.5. The zero-order chi connectivity index (χ0) is 23.8. The molecule has 0 spiro atoms. The van der Waals surface area contributed by atoms with E-state index in [4.69, 9.17) is 16.3 Å². The Bertz CT molecular complexity index is 1480. The lowest BCUT2D eigenvalue weighted by Gasteiger charge is -2.26. The molecule has 1 fully saturated rings. The van der Waals surface area contributed by atoms with Crippen molar-refractivity contribution >= 4 is 33.2 Å². The molecule has 0 unspecified atom stereocenters. The summed E-state index contributed by atoms with van der Waals surface area (Å²) in [6.45, 7) is 4.10. The summed E-state index contributed by atoms with van der Waals surface area (Å²) >= 11 is 8.00. The Hall–Kier alpha value is -2.94. The molecule has 1 N–H and O–H groups in total. The van der Waals surface area contributed by atoms with Crippen molar-refractivity contribution in [1.82, 2.24) is 19.4 Å². The molecule has 34 heavy (non-hydrogen) atoms. The topological polar surface area (TPSA) is 78.2 Å². The second-order valence-electron chi connectivity index (χ2n) is 8.59. The average molecular weight is 497 g/mol. The Kier molecular flexibility index (Phi) is 6.29. The van der Waals surface area contributed by atoms with E-state index in [0.29, 0.717) is 5.02 Å². The van der Waals surface area contributed by atoms with Gasteiger partial charge in [-0.3, -0.25) is 14.3 Å². The van der Waals surface area contributed by atoms with Crippen molar-refractivity contribution in [3.8, 4) is 16.9 Å². The van der Waals surface area contributed by atoms with Gasteiger partial charge in [0, 0.05) is 46.5 Å². The summed E-state index contributed by atoms with van der Waals surface area (Å²) < 4.78 is 10.1. The number of nitrogens with zero attached hydrogens (tertiary/aromatic N) is 3. The number of piperidine rings is 1. The smallest absolute Gasteiger partial charge is 0.331 e. The van der Waals surface area contributed by atoms with Crippen LogP contribution in [0.3, 0.4) is 0 Å². The van der Waals surface area contributed by atoms with Crippen molar-refractivity contribution in [2.45, 2.75) is 32.4 Å². The second kappa shape index (κ2) is 9.37. The molecular formula is C25H25ClN4O3S. The number of aryl methyl sites for hydroxylation is 2. The first-order valence-electron chi connectivity index (χ1n) is 11.2. The normalized spacial score (nSPS) is 14.6. The Labute approximate surface area is 205 Å². The van der Waals surface area contributed by atoms with Gasteiger partial charge >= 0.3 is 5.69 Å². The van der Waals surface area contributed by atoms with Crippen molar-refractivity contribution < 1.29 is 4.74 Å². The molecule has 0 saturated carbocycles. The molecule has 1 saturated heterocycles. The van der Waals surface area contributed by atoms with Crippen LogP contribution in [0.2, 0.25) is 5.02 Å². The van der Waals surface area contributed by atoms with Gasteiger partial charge in [-0.15, -0.1) is 11.3 Å². The number of hydrogen-bond acceptors (Lipinski definition) is 6. The zero-order valence-corrected chi connectivity index (χ0v) is 20.6. The molecule has 0 aliphatic carbocycles. The Morgan fingerprint density at radius 1 is 1.18 bits per heavy atom. The van der Waals surface area contributed by atoms with Crippen LogP contribution in [0, 0.1) is 6.92 Å². The number of fused-ring (bicyclic) bond motifs is 1. The quantitative estimate of drug-likeness (QED) is 0.452. The van der Waals surface area contributed by atoms with Crippen LogP contribution in [0.5, 0.6) is 5.75 Å². The summed E-state index contributed by atoms with van der Waals surface area (Å²) in [5.74, 6) is 0.840. The largest absolute Gasteiger partial charge is 0.489 e. The number of hydrogen-bond donors (Lipinski definition) is 1. The molecule has 0 radical (unpaired) electrons. The summed E-state index contributed by atoms with van der Waals surface area (Å²) in [6, 6.07) is 9.18. The second-order valence-corrected chi connectivity index (χ2v) is 10.2. The fourth-order valence-corrected chi connectivity index (χ4v) is 5.76. The van der Waals surface area contributed by atoms with Crippen LogP contribution in [-0.2, 0) is 13.6 Å². The summed E-state index contributed by atoms with van der Waals surface area (Å²) in [5.41, 5.74) is 3.03. The fourth-order valence-electron chi connectivity index (χ4n) is 4.36. The number of benzene rings is 1. The molecule has 1 aromatic carbocycles. The number of thiophene rings is 1. The highest BCUT2D eigenvalue weighted by Gasteiger charge is 2.21. The maximum absolute atomic E-state index is 12.5. The van der Waals surface area contributed by atoms with E-state index < -0.39 is 0 Å². The average Bonchev–Trinajstić information content (AvgIpc) is 3.24. The van der Waals surface area contributed by atoms with Crippen LogP contribution >= 0.6 is 22.9 Å². The number of ether oxygens (including phenoxy) is 1. The fraction of sp³-hybridized carbons (Fsp3) is 0.320. The molecule has 4 heterocycles. The minimum atomic E-state index is -0.346. The third-order valence-electron chi connectivity index (χ3n) is 6.12. The number of nitrogens with one attached hydrogen (secondary N) is 1. The molecule has 176 valence electrons. The number of aromatic nitrogens is 3. The summed E-state index contributed by atoms with van der Waals surface area (Å²) in [4.78, 5) is 30.2. The number of pyridine rings is 1. The first-order chi connectivity index (χ1) is 16.4. The van der Waals surface area contributed by atoms with Crippen molar-refractivity contribution in [2.24, 2.45) is 7.05 Å². The molecule has 4 aromatic rings. The Balaban J connectivity index is 1.59. The maximum Gasteiger partial charge on any atom is 0.331 e. The highest BCUT2D eigenvalue weighted by molar-refractivity contribution is 7.19. The molecule has 5 rings (SSSR count). The first kappa shape index (κ1) is 22.8. The molecule has 0 atom stereocenters. The van der Waals surface area contributed by atoms with Gasteiger partial charge in [-0.05, 0) is 62.7 Å². The van der Waals surface area contributed by atoms with E-state index in [2.05, 4.69) is 10.3 Å². The summed E-state index contributed by atoms with van der Waals surface area (Å²) in [6.07, 6.45) is 5.31. The Morgan fingerprint density at radius 3 is 2.76 bits per heavy atom. The minimum absolute atomic E-state index is 0.150. The van der Waals surface area contributed by atoms with E-state index in [1.165, 1.54) is 32.7 Å². The van der Waals surface area contributed by atoms with E-state index in [0.717, 1.165) is 63.5 Å². The van der Waals surface area contributed by atoms with Crippen molar-refractivity contribution in [1.29, 1.82) is 0 Å². The van der Waals surface area contributed by atoms with E-state index >= 15 is 0 Å². The summed E-state index contributed by atoms with van der Waals surface area (Å²) in [5, 5.41) is 4.02. The Morgan fingerprint density at radius 2 is 1.97 bits per heavy atom. The SMILES string of the molecule is Cc1cc(Cl)cc(-c2ccnc3cc(Cn4c(=O)ccn(C)c4=O)sc23)c1OC1CCNCC1. The van der Waals surface area contributed by atoms with Gasteiger partial charge < -0.3 is 14.6 Å². The van der Waals surface area contributed by atoms with Gasteiger partial charge in [-0.1, -0.05) is 11.6 Å². The van der Waals surface area contributed by atoms with Gasteiger partial charge in [0.05, 0.1) is 16.8 Å². The molecule has 3 aromatic heterocycles. The van der Waals surface area contributed by atoms with Crippen LogP contribution in [0.4, 0.5) is 0 Å². The zero-order valence-electron chi connectivity index (χ0n) is 19.0. The molecule has 0 bridgehead atoms. The van der Waals surface area contributed by atoms with Crippen molar-refractivity contribution in [3.05, 3.63) is 79.0 Å². The third kappa shape index (κ3) is 4.41. The van der Waals surface area contributed by atoms with Crippen LogP contribution in [0.25, 0.3) is 21.3 Å². The predicted molar refractivity (Wildman–Crippen MR) is 136 cm³/mol. The molecule has 9 heteroatoms. The first-order valence-corrected chi connectivity index (χ1v) is 12.4. The third-order valence-corrected chi connectivity index (χ3v) is 7.48. The van der Waals surface area contributed by atoms with Crippen LogP contribution in [-0.4, -0.2) is 33.3 Å². The van der Waals surface area contributed by atoms with Gasteiger partial charge in [0.25, 0.3) is 5.56 Å². The van der Waals surface area contributed by atoms with Gasteiger partial charge in [-0.2, -0.15) is 0 Å². The lowest BCUT2D eigenvalue weighted by molar-refractivity contribution is 0.162. The lowest BCUT2D eigenvalue weighted by Crippen LogP contribution is -2.37. The maximum atomic E-state index is 12.5. The monoisotopic (exact) mass is 496 g/mol. The van der Waals surface area contributed by atoms with Crippen molar-refractivity contribution in [2.75, 3.05) is 13.1 Å². The van der Waals surface area contributed by atoms with E-state index in [1.54, 1.807) is 13.2 Å². The molecule has 7 nitrogen and oxygen atoms in total. The van der Waals surface area contributed by atoms with E-state index in [1.807, 2.05) is 31.2 Å². The predicted octanol–water partition coefficient (Wildman–Crippen LogP) is 3.96. The van der Waals surface area contributed by atoms with E-state index in [-0.39, 0.29) is 23.9 Å². The van der Waals surface area contributed by atoms with Crippen molar-refractivity contribution in [3.63, 3.8) is 0 Å². The van der Waals surface area contributed by atoms with Crippen LogP contribution in [0.1, 0.15) is 23.3 Å². The van der Waals surface area contributed by atoms with Crippen LogP contribution in [0.15, 0.2) is 52.3 Å². The lowest BCUT2D eigenvalue weighted by atomic mass is 10.0. The van der Waals surface area contributed by atoms with Gasteiger partial charge in [-0.25, -0.2) is 4.79 Å². The van der Waals surface area contributed by atoms with E-state index in [9.17, 15) is 9.59 Å². The van der Waals surface area contributed by atoms with Gasteiger partial charge in [0.1, 0.15) is 11.9 Å². The molecule has 0 amide bonds. The minimum Gasteiger partial charge on any atom is -0.489 e. The highest BCUT2D eigenvalue weighted by Crippen LogP contribution is 2.42. The van der Waals surface area contributed by atoms with Gasteiger partial charge in [0.2, 0.25) is 0 Å². The molecule has 1 aliphatic rings. The van der Waals surface area contributed by atoms with Gasteiger partial charge in [0.15, 0.2) is 0 Å². The molecular weight excluding hydrogens is 472 g/mol. The summed E-state index contributed by atoms with van der Waals surface area (Å²) in [7, 11) is 1.63. The number of rotatable bonds is 5. The number of halogens is 1.